The Morgan fingerprint density at radius 2 is 0.705 bits per heavy atom. The molecule has 0 N–H and O–H groups in total. The third kappa shape index (κ3) is 5.66. The fourth-order valence-electron chi connectivity index (χ4n) is 9.53. The highest BCUT2D eigenvalue weighted by Crippen LogP contribution is 2.50. The quantitative estimate of drug-likeness (QED) is 0.161. The fraction of sp³-hybridized carbons (Fsp3) is 0. The van der Waals surface area contributed by atoms with E-state index in [1.54, 1.807) is 0 Å². The molecule has 0 fully saturated rings. The van der Waals surface area contributed by atoms with Crippen molar-refractivity contribution in [2.24, 2.45) is 0 Å². The Bertz CT molecular complexity index is 3560. The second kappa shape index (κ2) is 14.3. The van der Waals surface area contributed by atoms with Gasteiger partial charge in [0.15, 0.2) is 5.58 Å². The molecule has 0 aliphatic carbocycles. The van der Waals surface area contributed by atoms with Gasteiger partial charge in [-0.2, -0.15) is 0 Å². The third-order valence-electron chi connectivity index (χ3n) is 12.2. The van der Waals surface area contributed by atoms with Crippen LogP contribution in [-0.2, 0) is 0 Å². The predicted molar refractivity (Wildman–Crippen MR) is 259 cm³/mol. The normalized spacial score (nSPS) is 11.6. The molecule has 0 aliphatic heterocycles. The van der Waals surface area contributed by atoms with E-state index >= 15 is 0 Å². The van der Waals surface area contributed by atoms with E-state index in [1.165, 1.54) is 43.4 Å². The molecule has 0 aliphatic rings. The molecule has 0 spiro atoms. The van der Waals surface area contributed by atoms with E-state index in [4.69, 9.17) is 4.42 Å². The zero-order chi connectivity index (χ0) is 40.3. The van der Waals surface area contributed by atoms with E-state index < -0.39 is 0 Å². The summed E-state index contributed by atoms with van der Waals surface area (Å²) in [6.45, 7) is 0. The smallest absolute Gasteiger partial charge is 0.160 e. The van der Waals surface area contributed by atoms with Gasteiger partial charge in [0.05, 0.1) is 17.1 Å². The summed E-state index contributed by atoms with van der Waals surface area (Å²) in [5.41, 5.74) is 10.6. The molecular weight excluding hydrogens is 741 g/mol. The van der Waals surface area contributed by atoms with Crippen molar-refractivity contribution in [1.82, 2.24) is 0 Å². The Morgan fingerprint density at radius 3 is 1.26 bits per heavy atom. The number of fused-ring (bicyclic) bond motifs is 9. The number of hydrogen-bond donors (Lipinski definition) is 0. The molecule has 1 heterocycles. The first-order chi connectivity index (χ1) is 30.3. The van der Waals surface area contributed by atoms with Crippen LogP contribution in [0.5, 0.6) is 0 Å². The highest BCUT2D eigenvalue weighted by atomic mass is 16.3. The fourth-order valence-corrected chi connectivity index (χ4v) is 9.53. The minimum atomic E-state index is 0.866. The van der Waals surface area contributed by atoms with E-state index in [2.05, 4.69) is 240 Å². The Kier molecular flexibility index (Phi) is 8.17. The van der Waals surface area contributed by atoms with Gasteiger partial charge in [0, 0.05) is 38.6 Å². The number of rotatable bonds is 7. The SMILES string of the molecule is c1ccc(N(c2ccccc2)c2ccc(-c3ccc(N(c4ccccc4)c4cc5ccccc5c5c4oc4ccc6ccccc6c45)c4ccccc34)c3ccccc23)cc1. The van der Waals surface area contributed by atoms with E-state index in [9.17, 15) is 0 Å². The summed E-state index contributed by atoms with van der Waals surface area (Å²) in [6.07, 6.45) is 0. The van der Waals surface area contributed by atoms with Gasteiger partial charge in [0.1, 0.15) is 5.58 Å². The van der Waals surface area contributed by atoms with Crippen LogP contribution in [0, 0.1) is 0 Å². The van der Waals surface area contributed by atoms with Gasteiger partial charge in [-0.05, 0) is 104 Å². The molecule has 0 atom stereocenters. The third-order valence-corrected chi connectivity index (χ3v) is 12.2. The summed E-state index contributed by atoms with van der Waals surface area (Å²) >= 11 is 0. The van der Waals surface area contributed by atoms with E-state index in [0.717, 1.165) is 66.8 Å². The van der Waals surface area contributed by atoms with Crippen LogP contribution in [0.3, 0.4) is 0 Å². The van der Waals surface area contributed by atoms with Gasteiger partial charge in [-0.3, -0.25) is 0 Å². The summed E-state index contributed by atoms with van der Waals surface area (Å²) < 4.78 is 7.03. The van der Waals surface area contributed by atoms with Crippen molar-refractivity contribution in [2.75, 3.05) is 9.80 Å². The lowest BCUT2D eigenvalue weighted by Gasteiger charge is -2.29. The first kappa shape index (κ1) is 34.9. The predicted octanol–water partition coefficient (Wildman–Crippen LogP) is 16.8. The van der Waals surface area contributed by atoms with Gasteiger partial charge in [0.25, 0.3) is 0 Å². The van der Waals surface area contributed by atoms with Crippen LogP contribution in [-0.4, -0.2) is 0 Å². The molecule has 11 aromatic carbocycles. The highest BCUT2D eigenvalue weighted by molar-refractivity contribution is 6.29. The molecule has 1 aromatic heterocycles. The largest absolute Gasteiger partial charge is 0.454 e. The second-order valence-corrected chi connectivity index (χ2v) is 15.6. The van der Waals surface area contributed by atoms with Crippen LogP contribution < -0.4 is 9.80 Å². The van der Waals surface area contributed by atoms with Gasteiger partial charge < -0.3 is 14.2 Å². The molecule has 0 amide bonds. The van der Waals surface area contributed by atoms with Gasteiger partial charge >= 0.3 is 0 Å². The lowest BCUT2D eigenvalue weighted by Crippen LogP contribution is -2.11. The minimum Gasteiger partial charge on any atom is -0.454 e. The maximum atomic E-state index is 7.03. The number of para-hydroxylation sites is 3. The minimum absolute atomic E-state index is 0.866. The Hall–Kier alpha value is -8.14. The molecule has 3 nitrogen and oxygen atoms in total. The first-order valence-corrected chi connectivity index (χ1v) is 20.9. The van der Waals surface area contributed by atoms with Gasteiger partial charge in [-0.1, -0.05) is 170 Å². The van der Waals surface area contributed by atoms with Crippen LogP contribution in [0.4, 0.5) is 34.1 Å². The summed E-state index contributed by atoms with van der Waals surface area (Å²) in [5, 5.41) is 11.7. The molecular formula is C58H38N2O. The second-order valence-electron chi connectivity index (χ2n) is 15.6. The molecule has 0 radical (unpaired) electrons. The van der Waals surface area contributed by atoms with E-state index in [0.29, 0.717) is 0 Å². The molecule has 12 aromatic rings. The molecule has 286 valence electrons. The summed E-state index contributed by atoms with van der Waals surface area (Å²) in [6, 6.07) is 82.7. The monoisotopic (exact) mass is 778 g/mol. The average Bonchev–Trinajstić information content (AvgIpc) is 3.74. The molecule has 0 bridgehead atoms. The number of furan rings is 1. The lowest BCUT2D eigenvalue weighted by atomic mass is 9.91. The van der Waals surface area contributed by atoms with Crippen molar-refractivity contribution < 1.29 is 4.42 Å². The van der Waals surface area contributed by atoms with Crippen LogP contribution in [0.15, 0.2) is 235 Å². The molecule has 12 rings (SSSR count). The van der Waals surface area contributed by atoms with E-state index in [-0.39, 0.29) is 0 Å². The molecule has 0 unspecified atom stereocenters. The summed E-state index contributed by atoms with van der Waals surface area (Å²) in [4.78, 5) is 4.75. The van der Waals surface area contributed by atoms with Crippen molar-refractivity contribution in [1.29, 1.82) is 0 Å². The molecule has 3 heteroatoms. The Morgan fingerprint density at radius 1 is 0.279 bits per heavy atom. The van der Waals surface area contributed by atoms with Crippen LogP contribution in [0.2, 0.25) is 0 Å². The van der Waals surface area contributed by atoms with Crippen molar-refractivity contribution in [3.8, 4) is 11.1 Å². The first-order valence-electron chi connectivity index (χ1n) is 20.9. The van der Waals surface area contributed by atoms with Crippen LogP contribution in [0.25, 0.3) is 76.2 Å². The van der Waals surface area contributed by atoms with Crippen molar-refractivity contribution in [2.45, 2.75) is 0 Å². The zero-order valence-electron chi connectivity index (χ0n) is 33.2. The molecule has 0 saturated carbocycles. The summed E-state index contributed by atoms with van der Waals surface area (Å²) in [7, 11) is 0. The topological polar surface area (TPSA) is 19.6 Å². The van der Waals surface area contributed by atoms with Gasteiger partial charge in [0.2, 0.25) is 0 Å². The van der Waals surface area contributed by atoms with Gasteiger partial charge in [-0.15, -0.1) is 0 Å². The Balaban J connectivity index is 1.10. The number of anilines is 6. The Labute approximate surface area is 353 Å². The van der Waals surface area contributed by atoms with E-state index in [1.807, 2.05) is 0 Å². The van der Waals surface area contributed by atoms with Crippen LogP contribution in [0.1, 0.15) is 0 Å². The lowest BCUT2D eigenvalue weighted by molar-refractivity contribution is 0.669. The number of nitrogens with zero attached hydrogens (tertiary/aromatic N) is 2. The maximum Gasteiger partial charge on any atom is 0.160 e. The zero-order valence-corrected chi connectivity index (χ0v) is 33.2. The maximum absolute atomic E-state index is 7.03. The molecule has 61 heavy (non-hydrogen) atoms. The van der Waals surface area contributed by atoms with Crippen molar-refractivity contribution in [3.05, 3.63) is 231 Å². The number of hydrogen-bond acceptors (Lipinski definition) is 3. The standard InChI is InChI=1S/C58H38N2O/c1-4-20-41(21-5-1)59(42-22-6-2-7-23-42)52-35-33-48(46-28-14-16-30-50(46)52)49-34-36-53(51-31-17-15-29-47(49)51)60(43-24-8-3-9-25-43)54-38-40-19-11-13-27-45(40)57-56-44-26-12-10-18-39(44)32-37-55(56)61-58(54)57/h1-38H. The summed E-state index contributed by atoms with van der Waals surface area (Å²) in [5.74, 6) is 0. The highest BCUT2D eigenvalue weighted by Gasteiger charge is 2.25. The number of benzene rings is 11. The van der Waals surface area contributed by atoms with Crippen molar-refractivity contribution >= 4 is 99.2 Å². The average molecular weight is 779 g/mol. The van der Waals surface area contributed by atoms with Crippen LogP contribution >= 0.6 is 0 Å². The van der Waals surface area contributed by atoms with Crippen molar-refractivity contribution in [3.63, 3.8) is 0 Å². The molecule has 0 saturated heterocycles. The van der Waals surface area contributed by atoms with Gasteiger partial charge in [-0.25, -0.2) is 0 Å².